The molecule has 2 N–H and O–H groups in total. The molecule has 1 atom stereocenters. The van der Waals surface area contributed by atoms with Gasteiger partial charge in [-0.05, 0) is 37.5 Å². The lowest BCUT2D eigenvalue weighted by molar-refractivity contribution is -0.126. The highest BCUT2D eigenvalue weighted by molar-refractivity contribution is 5.88. The summed E-state index contributed by atoms with van der Waals surface area (Å²) in [7, 11) is 0. The van der Waals surface area contributed by atoms with Gasteiger partial charge in [-0.15, -0.1) is 0 Å². The van der Waals surface area contributed by atoms with Crippen molar-refractivity contribution in [2.75, 3.05) is 5.32 Å². The van der Waals surface area contributed by atoms with E-state index < -0.39 is 0 Å². The average molecular weight is 288 g/mol. The third kappa shape index (κ3) is 4.59. The van der Waals surface area contributed by atoms with Crippen LogP contribution in [0.5, 0.6) is 0 Å². The first-order valence-corrected chi connectivity index (χ1v) is 7.74. The summed E-state index contributed by atoms with van der Waals surface area (Å²) in [6, 6.07) is 7.60. The molecule has 0 unspecified atom stereocenters. The summed E-state index contributed by atoms with van der Waals surface area (Å²) in [6.45, 7) is 3.48. The summed E-state index contributed by atoms with van der Waals surface area (Å²) >= 11 is 0. The Morgan fingerprint density at radius 2 is 1.71 bits per heavy atom. The Morgan fingerprint density at radius 3 is 2.29 bits per heavy atom. The molecular weight excluding hydrogens is 264 g/mol. The Labute approximate surface area is 126 Å². The average Bonchev–Trinajstić information content (AvgIpc) is 2.48. The number of hydrogen-bond donors (Lipinski definition) is 2. The Balaban J connectivity index is 1.91. The number of amides is 2. The van der Waals surface area contributed by atoms with Gasteiger partial charge in [0.2, 0.25) is 11.8 Å². The van der Waals surface area contributed by atoms with Gasteiger partial charge in [0.05, 0.1) is 6.04 Å². The number of rotatable bonds is 4. The highest BCUT2D eigenvalue weighted by Gasteiger charge is 2.22. The summed E-state index contributed by atoms with van der Waals surface area (Å²) in [5, 5.41) is 5.84. The Morgan fingerprint density at radius 1 is 1.10 bits per heavy atom. The highest BCUT2D eigenvalue weighted by Crippen LogP contribution is 2.25. The quantitative estimate of drug-likeness (QED) is 0.892. The summed E-state index contributed by atoms with van der Waals surface area (Å²) < 4.78 is 0. The fraction of sp³-hybridized carbons (Fsp3) is 0.529. The van der Waals surface area contributed by atoms with Crippen LogP contribution in [0.3, 0.4) is 0 Å². The normalized spacial score (nSPS) is 17.0. The number of anilines is 1. The molecule has 1 aromatic carbocycles. The van der Waals surface area contributed by atoms with Gasteiger partial charge in [-0.25, -0.2) is 0 Å². The first-order valence-electron chi connectivity index (χ1n) is 7.74. The predicted molar refractivity (Wildman–Crippen MR) is 83.9 cm³/mol. The third-order valence-electron chi connectivity index (χ3n) is 4.07. The summed E-state index contributed by atoms with van der Waals surface area (Å²) in [5.41, 5.74) is 1.82. The fourth-order valence-corrected chi connectivity index (χ4v) is 2.84. The Kier molecular flexibility index (Phi) is 5.37. The molecule has 0 saturated heterocycles. The summed E-state index contributed by atoms with van der Waals surface area (Å²) in [4.78, 5) is 23.2. The smallest absolute Gasteiger partial charge is 0.223 e. The van der Waals surface area contributed by atoms with E-state index in [0.29, 0.717) is 0 Å². The largest absolute Gasteiger partial charge is 0.349 e. The summed E-state index contributed by atoms with van der Waals surface area (Å²) in [5.74, 6) is 0.273. The Hall–Kier alpha value is -1.84. The van der Waals surface area contributed by atoms with Crippen LogP contribution in [0, 0.1) is 5.92 Å². The van der Waals surface area contributed by atoms with E-state index in [1.165, 1.54) is 13.3 Å². The molecule has 2 rings (SSSR count). The van der Waals surface area contributed by atoms with Crippen molar-refractivity contribution in [3.63, 3.8) is 0 Å². The van der Waals surface area contributed by atoms with Crippen molar-refractivity contribution >= 4 is 17.5 Å². The van der Waals surface area contributed by atoms with E-state index in [2.05, 4.69) is 10.6 Å². The van der Waals surface area contributed by atoms with Crippen LogP contribution < -0.4 is 10.6 Å². The van der Waals surface area contributed by atoms with Crippen LogP contribution in [-0.4, -0.2) is 11.8 Å². The van der Waals surface area contributed by atoms with Crippen LogP contribution in [0.2, 0.25) is 0 Å². The van der Waals surface area contributed by atoms with Crippen molar-refractivity contribution in [1.82, 2.24) is 5.32 Å². The lowest BCUT2D eigenvalue weighted by Crippen LogP contribution is -2.33. The zero-order valence-corrected chi connectivity index (χ0v) is 12.8. The van der Waals surface area contributed by atoms with Crippen LogP contribution in [0.4, 0.5) is 5.69 Å². The summed E-state index contributed by atoms with van der Waals surface area (Å²) in [6.07, 6.45) is 5.61. The minimum Gasteiger partial charge on any atom is -0.349 e. The van der Waals surface area contributed by atoms with E-state index in [0.717, 1.165) is 36.9 Å². The number of hydrogen-bond acceptors (Lipinski definition) is 2. The molecule has 0 bridgehead atoms. The molecule has 21 heavy (non-hydrogen) atoms. The maximum Gasteiger partial charge on any atom is 0.223 e. The standard InChI is InChI=1S/C17H24N2O2/c1-12(18-17(21)15-6-4-3-5-7-15)14-8-10-16(11-9-14)19-13(2)20/h8-12,15H,3-7H2,1-2H3,(H,18,21)(H,19,20)/t12-/m0/s1. The zero-order chi connectivity index (χ0) is 15.2. The van der Waals surface area contributed by atoms with E-state index in [1.807, 2.05) is 31.2 Å². The lowest BCUT2D eigenvalue weighted by Gasteiger charge is -2.23. The van der Waals surface area contributed by atoms with Crippen molar-refractivity contribution in [3.8, 4) is 0 Å². The van der Waals surface area contributed by atoms with Crippen LogP contribution in [0.15, 0.2) is 24.3 Å². The molecule has 0 radical (unpaired) electrons. The molecule has 0 aliphatic heterocycles. The molecule has 2 amide bonds. The molecular formula is C17H24N2O2. The molecule has 4 heteroatoms. The van der Waals surface area contributed by atoms with Gasteiger partial charge in [0, 0.05) is 18.5 Å². The van der Waals surface area contributed by atoms with E-state index in [9.17, 15) is 9.59 Å². The first-order chi connectivity index (χ1) is 10.1. The second-order valence-electron chi connectivity index (χ2n) is 5.87. The van der Waals surface area contributed by atoms with Crippen LogP contribution >= 0.6 is 0 Å². The van der Waals surface area contributed by atoms with Gasteiger partial charge >= 0.3 is 0 Å². The molecule has 1 aliphatic carbocycles. The molecule has 0 spiro atoms. The fourth-order valence-electron chi connectivity index (χ4n) is 2.84. The Bertz CT molecular complexity index is 490. The van der Waals surface area contributed by atoms with Crippen molar-refractivity contribution in [1.29, 1.82) is 0 Å². The molecule has 1 aromatic rings. The van der Waals surface area contributed by atoms with Crippen LogP contribution in [0.25, 0.3) is 0 Å². The van der Waals surface area contributed by atoms with Gasteiger partial charge in [0.15, 0.2) is 0 Å². The molecule has 4 nitrogen and oxygen atoms in total. The minimum absolute atomic E-state index is 0.00851. The minimum atomic E-state index is -0.0820. The number of carbonyl (C=O) groups excluding carboxylic acids is 2. The van der Waals surface area contributed by atoms with Crippen LogP contribution in [0.1, 0.15) is 57.6 Å². The lowest BCUT2D eigenvalue weighted by atomic mass is 9.88. The number of carbonyl (C=O) groups is 2. The molecule has 0 aromatic heterocycles. The second kappa shape index (κ2) is 7.25. The van der Waals surface area contributed by atoms with E-state index in [1.54, 1.807) is 0 Å². The maximum atomic E-state index is 12.2. The number of nitrogens with one attached hydrogen (secondary N) is 2. The molecule has 114 valence electrons. The van der Waals surface area contributed by atoms with Crippen molar-refractivity contribution in [3.05, 3.63) is 29.8 Å². The first kappa shape index (κ1) is 15.5. The molecule has 1 fully saturated rings. The SMILES string of the molecule is CC(=O)Nc1ccc([C@H](C)NC(=O)C2CCCCC2)cc1. The monoisotopic (exact) mass is 288 g/mol. The van der Waals surface area contributed by atoms with Gasteiger partial charge in [-0.1, -0.05) is 31.4 Å². The molecule has 1 aliphatic rings. The van der Waals surface area contributed by atoms with Crippen molar-refractivity contribution < 1.29 is 9.59 Å². The van der Waals surface area contributed by atoms with E-state index >= 15 is 0 Å². The van der Waals surface area contributed by atoms with Gasteiger partial charge in [-0.2, -0.15) is 0 Å². The van der Waals surface area contributed by atoms with Gasteiger partial charge in [0.1, 0.15) is 0 Å². The van der Waals surface area contributed by atoms with Crippen molar-refractivity contribution in [2.24, 2.45) is 5.92 Å². The van der Waals surface area contributed by atoms with Gasteiger partial charge < -0.3 is 10.6 Å². The van der Waals surface area contributed by atoms with Gasteiger partial charge in [-0.3, -0.25) is 9.59 Å². The van der Waals surface area contributed by atoms with E-state index in [-0.39, 0.29) is 23.8 Å². The second-order valence-corrected chi connectivity index (χ2v) is 5.87. The highest BCUT2D eigenvalue weighted by atomic mass is 16.2. The molecule has 0 heterocycles. The third-order valence-corrected chi connectivity index (χ3v) is 4.07. The topological polar surface area (TPSA) is 58.2 Å². The van der Waals surface area contributed by atoms with Crippen LogP contribution in [-0.2, 0) is 9.59 Å². The maximum absolute atomic E-state index is 12.2. The number of benzene rings is 1. The zero-order valence-electron chi connectivity index (χ0n) is 12.8. The van der Waals surface area contributed by atoms with Gasteiger partial charge in [0.25, 0.3) is 0 Å². The van der Waals surface area contributed by atoms with E-state index in [4.69, 9.17) is 0 Å². The van der Waals surface area contributed by atoms with Crippen molar-refractivity contribution in [2.45, 2.75) is 52.0 Å². The molecule has 1 saturated carbocycles. The predicted octanol–water partition coefficient (Wildman–Crippen LogP) is 3.40.